The minimum Gasteiger partial charge on any atom is -0.315 e. The van der Waals surface area contributed by atoms with E-state index in [1.165, 1.54) is 17.7 Å². The lowest BCUT2D eigenvalue weighted by Gasteiger charge is -2.44. The summed E-state index contributed by atoms with van der Waals surface area (Å²) >= 11 is 7.01. The molecular formula is C16H14Br2FN. The van der Waals surface area contributed by atoms with Crippen LogP contribution in [0.15, 0.2) is 51.4 Å². The van der Waals surface area contributed by atoms with Gasteiger partial charge in [0.25, 0.3) is 0 Å². The Bertz CT molecular complexity index is 638. The van der Waals surface area contributed by atoms with E-state index >= 15 is 0 Å². The van der Waals surface area contributed by atoms with Gasteiger partial charge in [0, 0.05) is 27.4 Å². The van der Waals surface area contributed by atoms with Crippen LogP contribution in [-0.2, 0) is 11.8 Å². The Morgan fingerprint density at radius 3 is 2.50 bits per heavy atom. The topological polar surface area (TPSA) is 12.0 Å². The second-order valence-electron chi connectivity index (χ2n) is 5.31. The molecule has 1 heterocycles. The molecule has 2 aromatic rings. The predicted molar refractivity (Wildman–Crippen MR) is 86.5 cm³/mol. The summed E-state index contributed by atoms with van der Waals surface area (Å²) in [7, 11) is 0. The van der Waals surface area contributed by atoms with Gasteiger partial charge in [-0.2, -0.15) is 0 Å². The normalized spacial score (nSPS) is 16.8. The zero-order valence-electron chi connectivity index (χ0n) is 10.8. The van der Waals surface area contributed by atoms with Crippen LogP contribution in [0.3, 0.4) is 0 Å². The van der Waals surface area contributed by atoms with Crippen molar-refractivity contribution in [1.29, 1.82) is 0 Å². The number of nitrogens with one attached hydrogen (secondary N) is 1. The zero-order chi connectivity index (χ0) is 14.2. The lowest BCUT2D eigenvalue weighted by molar-refractivity contribution is 0.274. The molecule has 3 rings (SSSR count). The highest BCUT2D eigenvalue weighted by Crippen LogP contribution is 2.35. The minimum absolute atomic E-state index is 0.101. The first-order valence-electron chi connectivity index (χ1n) is 6.50. The third-order valence-corrected chi connectivity index (χ3v) is 5.14. The highest BCUT2D eigenvalue weighted by Gasteiger charge is 2.39. The number of halogens is 3. The standard InChI is InChI=1S/C16H14Br2FN/c17-13-3-1-2-12(6-13)16(9-20-10-16)8-11-4-5-14(19)7-15(11)18/h1-7,20H,8-10H2. The molecule has 0 atom stereocenters. The van der Waals surface area contributed by atoms with Crippen LogP contribution in [0.2, 0.25) is 0 Å². The summed E-state index contributed by atoms with van der Waals surface area (Å²) in [6.07, 6.45) is 0.900. The average Bonchev–Trinajstić information content (AvgIpc) is 2.36. The van der Waals surface area contributed by atoms with Crippen molar-refractivity contribution in [1.82, 2.24) is 5.32 Å². The molecular weight excluding hydrogens is 385 g/mol. The van der Waals surface area contributed by atoms with E-state index in [0.29, 0.717) is 0 Å². The summed E-state index contributed by atoms with van der Waals surface area (Å²) in [6, 6.07) is 13.4. The van der Waals surface area contributed by atoms with E-state index in [1.54, 1.807) is 0 Å². The first kappa shape index (κ1) is 14.2. The number of hydrogen-bond acceptors (Lipinski definition) is 1. The molecule has 1 aliphatic rings. The second-order valence-corrected chi connectivity index (χ2v) is 7.08. The van der Waals surface area contributed by atoms with Crippen molar-refractivity contribution < 1.29 is 4.39 Å². The first-order chi connectivity index (χ1) is 9.59. The molecule has 1 fully saturated rings. The first-order valence-corrected chi connectivity index (χ1v) is 8.08. The number of benzene rings is 2. The molecule has 1 nitrogen and oxygen atoms in total. The highest BCUT2D eigenvalue weighted by molar-refractivity contribution is 9.10. The minimum atomic E-state index is -0.205. The molecule has 104 valence electrons. The van der Waals surface area contributed by atoms with E-state index in [4.69, 9.17) is 0 Å². The Kier molecular flexibility index (Phi) is 3.98. The Labute approximate surface area is 134 Å². The largest absolute Gasteiger partial charge is 0.315 e. The summed E-state index contributed by atoms with van der Waals surface area (Å²) in [5, 5.41) is 3.37. The Morgan fingerprint density at radius 1 is 1.10 bits per heavy atom. The predicted octanol–water partition coefficient (Wildman–Crippen LogP) is 4.43. The SMILES string of the molecule is Fc1ccc(CC2(c3cccc(Br)c3)CNC2)c(Br)c1. The summed E-state index contributed by atoms with van der Waals surface area (Å²) in [6.45, 7) is 1.90. The summed E-state index contributed by atoms with van der Waals surface area (Å²) in [5.41, 5.74) is 2.57. The molecule has 0 aliphatic carbocycles. The van der Waals surface area contributed by atoms with Gasteiger partial charge in [0.05, 0.1) is 0 Å². The van der Waals surface area contributed by atoms with Crippen molar-refractivity contribution in [2.45, 2.75) is 11.8 Å². The van der Waals surface area contributed by atoms with Gasteiger partial charge in [-0.1, -0.05) is 50.1 Å². The molecule has 1 aliphatic heterocycles. The molecule has 1 saturated heterocycles. The summed E-state index contributed by atoms with van der Waals surface area (Å²) < 4.78 is 15.1. The van der Waals surface area contributed by atoms with Gasteiger partial charge in [0.2, 0.25) is 0 Å². The van der Waals surface area contributed by atoms with Crippen LogP contribution >= 0.6 is 31.9 Å². The maximum Gasteiger partial charge on any atom is 0.124 e. The lowest BCUT2D eigenvalue weighted by atomic mass is 9.71. The van der Waals surface area contributed by atoms with Gasteiger partial charge in [-0.3, -0.25) is 0 Å². The average molecular weight is 399 g/mol. The van der Waals surface area contributed by atoms with E-state index in [2.05, 4.69) is 55.4 Å². The van der Waals surface area contributed by atoms with Crippen molar-refractivity contribution in [2.75, 3.05) is 13.1 Å². The van der Waals surface area contributed by atoms with Crippen LogP contribution in [0.25, 0.3) is 0 Å². The fourth-order valence-electron chi connectivity index (χ4n) is 2.71. The van der Waals surface area contributed by atoms with Crippen molar-refractivity contribution in [2.24, 2.45) is 0 Å². The van der Waals surface area contributed by atoms with Crippen LogP contribution in [0.5, 0.6) is 0 Å². The quantitative estimate of drug-likeness (QED) is 0.806. The third-order valence-electron chi connectivity index (χ3n) is 3.91. The zero-order valence-corrected chi connectivity index (χ0v) is 14.0. The van der Waals surface area contributed by atoms with Gasteiger partial charge in [-0.05, 0) is 41.8 Å². The fourth-order valence-corrected chi connectivity index (χ4v) is 3.60. The highest BCUT2D eigenvalue weighted by atomic mass is 79.9. The fraction of sp³-hybridized carbons (Fsp3) is 0.250. The molecule has 1 N–H and O–H groups in total. The molecule has 0 bridgehead atoms. The summed E-state index contributed by atoms with van der Waals surface area (Å²) in [5.74, 6) is -0.205. The van der Waals surface area contributed by atoms with Gasteiger partial charge < -0.3 is 5.32 Å². The van der Waals surface area contributed by atoms with Crippen LogP contribution in [0.1, 0.15) is 11.1 Å². The van der Waals surface area contributed by atoms with Crippen LogP contribution < -0.4 is 5.32 Å². The molecule has 20 heavy (non-hydrogen) atoms. The molecule has 0 amide bonds. The number of rotatable bonds is 3. The van der Waals surface area contributed by atoms with Crippen molar-refractivity contribution in [3.05, 3.63) is 68.4 Å². The molecule has 4 heteroatoms. The van der Waals surface area contributed by atoms with E-state index in [9.17, 15) is 4.39 Å². The smallest absolute Gasteiger partial charge is 0.124 e. The third kappa shape index (κ3) is 2.69. The molecule has 0 unspecified atom stereocenters. The molecule has 2 aromatic carbocycles. The van der Waals surface area contributed by atoms with Crippen LogP contribution in [0.4, 0.5) is 4.39 Å². The monoisotopic (exact) mass is 397 g/mol. The maximum absolute atomic E-state index is 13.2. The van der Waals surface area contributed by atoms with E-state index in [0.717, 1.165) is 34.0 Å². The van der Waals surface area contributed by atoms with Gasteiger partial charge in [0.1, 0.15) is 5.82 Å². The lowest BCUT2D eigenvalue weighted by Crippen LogP contribution is -2.58. The Balaban J connectivity index is 1.94. The van der Waals surface area contributed by atoms with Gasteiger partial charge in [-0.15, -0.1) is 0 Å². The maximum atomic E-state index is 13.2. The van der Waals surface area contributed by atoms with Gasteiger partial charge >= 0.3 is 0 Å². The van der Waals surface area contributed by atoms with E-state index in [-0.39, 0.29) is 11.2 Å². The summed E-state index contributed by atoms with van der Waals surface area (Å²) in [4.78, 5) is 0. The second kappa shape index (κ2) is 5.58. The van der Waals surface area contributed by atoms with Crippen molar-refractivity contribution in [3.8, 4) is 0 Å². The van der Waals surface area contributed by atoms with E-state index < -0.39 is 0 Å². The number of hydrogen-bond donors (Lipinski definition) is 1. The van der Waals surface area contributed by atoms with Crippen LogP contribution in [0, 0.1) is 5.82 Å². The van der Waals surface area contributed by atoms with Crippen molar-refractivity contribution in [3.63, 3.8) is 0 Å². The molecule has 0 spiro atoms. The Morgan fingerprint density at radius 2 is 1.90 bits per heavy atom. The van der Waals surface area contributed by atoms with E-state index in [1.807, 2.05) is 12.1 Å². The Hall–Kier alpha value is -0.710. The molecule has 0 aromatic heterocycles. The van der Waals surface area contributed by atoms with Gasteiger partial charge in [-0.25, -0.2) is 4.39 Å². The van der Waals surface area contributed by atoms with Crippen molar-refractivity contribution >= 4 is 31.9 Å². The molecule has 0 saturated carbocycles. The molecule has 0 radical (unpaired) electrons. The van der Waals surface area contributed by atoms with Crippen LogP contribution in [-0.4, -0.2) is 13.1 Å². The van der Waals surface area contributed by atoms with Gasteiger partial charge in [0.15, 0.2) is 0 Å².